The summed E-state index contributed by atoms with van der Waals surface area (Å²) in [5.74, 6) is 0.799. The molecule has 2 amide bonds. The number of fused-ring (bicyclic) bond motifs is 2. The van der Waals surface area contributed by atoms with Crippen molar-refractivity contribution < 1.29 is 9.59 Å². The number of anilines is 1. The van der Waals surface area contributed by atoms with Gasteiger partial charge in [-0.3, -0.25) is 9.78 Å². The van der Waals surface area contributed by atoms with Crippen LogP contribution in [0.2, 0.25) is 0 Å². The predicted molar refractivity (Wildman–Crippen MR) is 134 cm³/mol. The first-order valence-electron chi connectivity index (χ1n) is 11.9. The van der Waals surface area contributed by atoms with Crippen LogP contribution in [0, 0.1) is 0 Å². The number of hydrogen-bond acceptors (Lipinski definition) is 6. The van der Waals surface area contributed by atoms with Crippen molar-refractivity contribution in [2.75, 3.05) is 25.1 Å². The second-order valence-electron chi connectivity index (χ2n) is 9.22. The van der Waals surface area contributed by atoms with E-state index in [0.29, 0.717) is 24.5 Å². The summed E-state index contributed by atoms with van der Waals surface area (Å²) >= 11 is 0. The number of Topliss-reactive ketones (excluding diaryl/α,β-unsaturated/α-hetero) is 1. The van der Waals surface area contributed by atoms with Crippen molar-refractivity contribution in [3.63, 3.8) is 0 Å². The number of aliphatic imine (C=N–C) groups is 1. The number of carbonyl (C=O) groups is 2. The molecule has 0 radical (unpaired) electrons. The van der Waals surface area contributed by atoms with Crippen LogP contribution in [0.3, 0.4) is 0 Å². The Morgan fingerprint density at radius 3 is 2.83 bits per heavy atom. The maximum absolute atomic E-state index is 13.4. The molecule has 0 aliphatic carbocycles. The Morgan fingerprint density at radius 1 is 1.14 bits per heavy atom. The van der Waals surface area contributed by atoms with E-state index < -0.39 is 0 Å². The van der Waals surface area contributed by atoms with Crippen molar-refractivity contribution in [1.82, 2.24) is 24.7 Å². The maximum atomic E-state index is 13.4. The van der Waals surface area contributed by atoms with E-state index in [4.69, 9.17) is 0 Å². The highest BCUT2D eigenvalue weighted by atomic mass is 16.2. The third kappa shape index (κ3) is 3.82. The average Bonchev–Trinajstić information content (AvgIpc) is 3.24. The zero-order chi connectivity index (χ0) is 23.9. The fourth-order valence-corrected chi connectivity index (χ4v) is 5.25. The zero-order valence-electron chi connectivity index (χ0n) is 19.6. The Kier molecular flexibility index (Phi) is 5.24. The Hall–Kier alpha value is -4.14. The Morgan fingerprint density at radius 2 is 1.97 bits per heavy atom. The quantitative estimate of drug-likeness (QED) is 0.575. The molecule has 1 aromatic carbocycles. The highest BCUT2D eigenvalue weighted by molar-refractivity contribution is 6.18. The third-order valence-corrected chi connectivity index (χ3v) is 7.15. The number of ketones is 1. The smallest absolute Gasteiger partial charge is 0.322 e. The molecule has 3 aromatic rings. The summed E-state index contributed by atoms with van der Waals surface area (Å²) in [4.78, 5) is 38.9. The van der Waals surface area contributed by atoms with Crippen LogP contribution in [0.25, 0.3) is 10.9 Å². The number of nitrogens with zero attached hydrogens (tertiary/aromatic N) is 5. The molecule has 0 atom stereocenters. The van der Waals surface area contributed by atoms with E-state index >= 15 is 0 Å². The number of benzene rings is 1. The van der Waals surface area contributed by atoms with Crippen LogP contribution in [0.4, 0.5) is 10.5 Å². The number of amidine groups is 1. The van der Waals surface area contributed by atoms with Gasteiger partial charge in [0.2, 0.25) is 5.78 Å². The molecule has 178 valence electrons. The predicted octanol–water partition coefficient (Wildman–Crippen LogP) is 3.11. The lowest BCUT2D eigenvalue weighted by atomic mass is 10.0. The fraction of sp³-hybridized carbons (Fsp3) is 0.308. The molecule has 2 aromatic heterocycles. The molecular formula is C26H27N7O2. The summed E-state index contributed by atoms with van der Waals surface area (Å²) in [6.45, 7) is 2.53. The molecule has 0 saturated carbocycles. The standard InChI is InChI=1S/C26H27N7O2/c1-31-15-20(19-4-2-3-5-23(19)31)25(34)21-12-24(29-16-28-21)32-10-7-18(8-11-32)33-14-17-6-9-27-13-22(17)30-26(33)35/h2-6,9,12-13,15,18,28H,7-8,10-11,14,16H2,1H3,(H,30,35). The third-order valence-electron chi connectivity index (χ3n) is 7.15. The van der Waals surface area contributed by atoms with Crippen molar-refractivity contribution in [2.45, 2.75) is 25.4 Å². The highest BCUT2D eigenvalue weighted by Crippen LogP contribution is 2.28. The van der Waals surface area contributed by atoms with Crippen LogP contribution >= 0.6 is 0 Å². The molecule has 9 nitrogen and oxygen atoms in total. The van der Waals surface area contributed by atoms with Gasteiger partial charge in [-0.1, -0.05) is 18.2 Å². The summed E-state index contributed by atoms with van der Waals surface area (Å²) in [6.07, 6.45) is 8.91. The van der Waals surface area contributed by atoms with E-state index in [-0.39, 0.29) is 17.9 Å². The van der Waals surface area contributed by atoms with E-state index in [0.717, 1.165) is 53.9 Å². The molecule has 2 N–H and O–H groups in total. The first kappa shape index (κ1) is 21.4. The normalized spacial score (nSPS) is 18.5. The van der Waals surface area contributed by atoms with Crippen LogP contribution < -0.4 is 10.6 Å². The molecule has 6 rings (SSSR count). The number of para-hydroxylation sites is 1. The number of rotatable bonds is 3. The number of allylic oxidation sites excluding steroid dienone is 1. The van der Waals surface area contributed by atoms with E-state index in [2.05, 4.69) is 25.5 Å². The SMILES string of the molecule is Cn1cc(C(=O)C2=CC(N3CCC(N4Cc5ccncc5NC4=O)CC3)=NCN2)c2ccccc21. The number of nitrogens with one attached hydrogen (secondary N) is 2. The van der Waals surface area contributed by atoms with Crippen molar-refractivity contribution in [2.24, 2.45) is 12.0 Å². The van der Waals surface area contributed by atoms with Crippen LogP contribution in [0.15, 0.2) is 65.7 Å². The minimum Gasteiger partial charge on any atom is -0.363 e. The monoisotopic (exact) mass is 469 g/mol. The second kappa shape index (κ2) is 8.57. The highest BCUT2D eigenvalue weighted by Gasteiger charge is 2.32. The summed E-state index contributed by atoms with van der Waals surface area (Å²) < 4.78 is 1.98. The average molecular weight is 470 g/mol. The molecule has 9 heteroatoms. The van der Waals surface area contributed by atoms with E-state index in [9.17, 15) is 9.59 Å². The van der Waals surface area contributed by atoms with Crippen molar-refractivity contribution in [3.8, 4) is 0 Å². The lowest BCUT2D eigenvalue weighted by Crippen LogP contribution is -2.51. The van der Waals surface area contributed by atoms with Crippen molar-refractivity contribution in [1.29, 1.82) is 0 Å². The number of piperidine rings is 1. The van der Waals surface area contributed by atoms with Gasteiger partial charge >= 0.3 is 6.03 Å². The molecule has 0 unspecified atom stereocenters. The topological polar surface area (TPSA) is 94.9 Å². The number of aryl methyl sites for hydroxylation is 1. The summed E-state index contributed by atoms with van der Waals surface area (Å²) in [5, 5.41) is 7.07. The summed E-state index contributed by atoms with van der Waals surface area (Å²) in [5.41, 5.74) is 4.17. The second-order valence-corrected chi connectivity index (χ2v) is 9.22. The molecule has 5 heterocycles. The van der Waals surface area contributed by atoms with Gasteiger partial charge in [-0.25, -0.2) is 9.79 Å². The van der Waals surface area contributed by atoms with Crippen LogP contribution in [-0.2, 0) is 13.6 Å². The van der Waals surface area contributed by atoms with Gasteiger partial charge in [-0.05, 0) is 30.5 Å². The van der Waals surface area contributed by atoms with Gasteiger partial charge in [-0.15, -0.1) is 0 Å². The Bertz CT molecular complexity index is 1380. The molecular weight excluding hydrogens is 442 g/mol. The summed E-state index contributed by atoms with van der Waals surface area (Å²) in [6, 6.07) is 9.99. The molecule has 35 heavy (non-hydrogen) atoms. The van der Waals surface area contributed by atoms with E-state index in [1.54, 1.807) is 12.4 Å². The van der Waals surface area contributed by atoms with Gasteiger partial charge in [0, 0.05) is 67.7 Å². The van der Waals surface area contributed by atoms with Gasteiger partial charge in [-0.2, -0.15) is 0 Å². The van der Waals surface area contributed by atoms with E-state index in [1.165, 1.54) is 0 Å². The molecule has 1 fully saturated rings. The number of carbonyl (C=O) groups excluding carboxylic acids is 2. The first-order valence-corrected chi connectivity index (χ1v) is 11.9. The number of hydrogen-bond donors (Lipinski definition) is 2. The largest absolute Gasteiger partial charge is 0.363 e. The fourth-order valence-electron chi connectivity index (χ4n) is 5.25. The summed E-state index contributed by atoms with van der Waals surface area (Å²) in [7, 11) is 1.96. The lowest BCUT2D eigenvalue weighted by Gasteiger charge is -2.41. The Labute approximate surface area is 203 Å². The number of aromatic nitrogens is 2. The van der Waals surface area contributed by atoms with Gasteiger partial charge in [0.1, 0.15) is 12.5 Å². The Balaban J connectivity index is 1.15. The van der Waals surface area contributed by atoms with Gasteiger partial charge in [0.25, 0.3) is 0 Å². The van der Waals surface area contributed by atoms with Gasteiger partial charge in [0.15, 0.2) is 0 Å². The van der Waals surface area contributed by atoms with Gasteiger partial charge < -0.3 is 25.0 Å². The lowest BCUT2D eigenvalue weighted by molar-refractivity contribution is 0.102. The molecule has 1 saturated heterocycles. The van der Waals surface area contributed by atoms with Crippen LogP contribution in [-0.4, -0.2) is 62.8 Å². The molecule has 3 aliphatic rings. The van der Waals surface area contributed by atoms with E-state index in [1.807, 2.05) is 59.1 Å². The molecule has 0 spiro atoms. The number of likely N-dealkylation sites (tertiary alicyclic amines) is 1. The first-order chi connectivity index (χ1) is 17.1. The maximum Gasteiger partial charge on any atom is 0.322 e. The molecule has 3 aliphatic heterocycles. The minimum atomic E-state index is -0.0639. The minimum absolute atomic E-state index is 0.0257. The van der Waals surface area contributed by atoms with Crippen LogP contribution in [0.1, 0.15) is 28.8 Å². The number of urea groups is 1. The molecule has 0 bridgehead atoms. The van der Waals surface area contributed by atoms with Crippen molar-refractivity contribution >= 4 is 34.2 Å². The zero-order valence-corrected chi connectivity index (χ0v) is 19.6. The number of pyridine rings is 1. The van der Waals surface area contributed by atoms with Gasteiger partial charge in [0.05, 0.1) is 17.6 Å². The van der Waals surface area contributed by atoms with Crippen LogP contribution in [0.5, 0.6) is 0 Å². The van der Waals surface area contributed by atoms with Crippen molar-refractivity contribution in [3.05, 3.63) is 71.8 Å². The number of amides is 2.